The Hall–Kier alpha value is -1.92. The van der Waals surface area contributed by atoms with Gasteiger partial charge in [0.25, 0.3) is 0 Å². The zero-order valence-electron chi connectivity index (χ0n) is 11.6. The van der Waals surface area contributed by atoms with Gasteiger partial charge in [0, 0.05) is 5.56 Å². The van der Waals surface area contributed by atoms with Crippen molar-refractivity contribution in [2.45, 2.75) is 25.3 Å². The third-order valence-electron chi connectivity index (χ3n) is 2.54. The third kappa shape index (κ3) is 8.23. The minimum atomic E-state index is -0.933. The molecule has 1 aromatic carbocycles. The number of aldehydes is 1. The fourth-order valence-electron chi connectivity index (χ4n) is 1.31. The van der Waals surface area contributed by atoms with Gasteiger partial charge in [0.1, 0.15) is 18.1 Å². The molecule has 0 radical (unpaired) electrons. The molecular weight excluding hydrogens is 260 g/mol. The molecule has 112 valence electrons. The molecule has 6 heteroatoms. The highest BCUT2D eigenvalue weighted by molar-refractivity contribution is 5.74. The Labute approximate surface area is 118 Å². The topological polar surface area (TPSA) is 116 Å². The number of hydrogen-bond acceptors (Lipinski definition) is 5. The molecule has 1 rings (SSSR count). The smallest absolute Gasteiger partial charge is 0.320 e. The van der Waals surface area contributed by atoms with Crippen molar-refractivity contribution in [3.05, 3.63) is 29.8 Å². The predicted octanol–water partition coefficient (Wildman–Crippen LogP) is 1.04. The molecule has 0 aliphatic carbocycles. The number of aliphatic carboxylic acids is 1. The summed E-state index contributed by atoms with van der Waals surface area (Å²) < 4.78 is 4.90. The van der Waals surface area contributed by atoms with Crippen LogP contribution in [0.15, 0.2) is 24.3 Å². The van der Waals surface area contributed by atoms with Gasteiger partial charge in [-0.25, -0.2) is 0 Å². The lowest BCUT2D eigenvalue weighted by molar-refractivity contribution is -0.138. The lowest BCUT2D eigenvalue weighted by Crippen LogP contribution is -2.29. The molecule has 0 amide bonds. The quantitative estimate of drug-likeness (QED) is 0.508. The van der Waals surface area contributed by atoms with Gasteiger partial charge in [-0.2, -0.15) is 0 Å². The Morgan fingerprint density at radius 2 is 1.95 bits per heavy atom. The number of carbonyl (C=O) groups excluding carboxylic acids is 1. The Bertz CT molecular complexity index is 393. The van der Waals surface area contributed by atoms with Gasteiger partial charge in [0.2, 0.25) is 0 Å². The minimum absolute atomic E-state index is 0.520. The van der Waals surface area contributed by atoms with Crippen LogP contribution in [0.2, 0.25) is 0 Å². The molecule has 5 N–H and O–H groups in total. The van der Waals surface area contributed by atoms with Crippen LogP contribution < -0.4 is 16.2 Å². The van der Waals surface area contributed by atoms with Crippen molar-refractivity contribution in [3.63, 3.8) is 0 Å². The molecule has 1 aromatic rings. The molecule has 0 spiro atoms. The van der Waals surface area contributed by atoms with E-state index in [0.717, 1.165) is 24.9 Å². The highest BCUT2D eigenvalue weighted by atomic mass is 16.5. The van der Waals surface area contributed by atoms with Crippen molar-refractivity contribution < 1.29 is 19.4 Å². The second-order valence-corrected chi connectivity index (χ2v) is 4.12. The summed E-state index contributed by atoms with van der Waals surface area (Å²) >= 11 is 0. The number of carbonyl (C=O) groups is 2. The average molecular weight is 282 g/mol. The zero-order chi connectivity index (χ0) is 15.4. The molecule has 0 saturated heterocycles. The fourth-order valence-corrected chi connectivity index (χ4v) is 1.31. The summed E-state index contributed by atoms with van der Waals surface area (Å²) in [6.45, 7) is 0.604. The summed E-state index contributed by atoms with van der Waals surface area (Å²) in [4.78, 5) is 20.3. The highest BCUT2D eigenvalue weighted by Gasteiger charge is 2.09. The average Bonchev–Trinajstić information content (AvgIpc) is 2.48. The van der Waals surface area contributed by atoms with E-state index < -0.39 is 12.0 Å². The second-order valence-electron chi connectivity index (χ2n) is 4.12. The Morgan fingerprint density at radius 1 is 1.35 bits per heavy atom. The van der Waals surface area contributed by atoms with Gasteiger partial charge in [-0.1, -0.05) is 6.42 Å². The van der Waals surface area contributed by atoms with Crippen LogP contribution in [-0.4, -0.2) is 37.1 Å². The number of nitrogens with two attached hydrogens (primary N) is 2. The van der Waals surface area contributed by atoms with Crippen LogP contribution in [0.4, 0.5) is 0 Å². The van der Waals surface area contributed by atoms with E-state index in [1.54, 1.807) is 31.4 Å². The molecule has 0 saturated carbocycles. The molecule has 20 heavy (non-hydrogen) atoms. The van der Waals surface area contributed by atoms with Crippen LogP contribution in [0.1, 0.15) is 29.6 Å². The molecule has 6 nitrogen and oxygen atoms in total. The number of rotatable bonds is 7. The van der Waals surface area contributed by atoms with Gasteiger partial charge in [0.05, 0.1) is 7.11 Å². The van der Waals surface area contributed by atoms with E-state index in [-0.39, 0.29) is 0 Å². The first-order valence-corrected chi connectivity index (χ1v) is 6.32. The largest absolute Gasteiger partial charge is 0.497 e. The first-order valence-electron chi connectivity index (χ1n) is 6.32. The first-order chi connectivity index (χ1) is 9.54. The number of ether oxygens (including phenoxy) is 1. The van der Waals surface area contributed by atoms with Crippen molar-refractivity contribution in [2.75, 3.05) is 13.7 Å². The van der Waals surface area contributed by atoms with Crippen LogP contribution in [0.5, 0.6) is 5.75 Å². The molecule has 0 aliphatic heterocycles. The maximum absolute atomic E-state index is 10.2. The number of unbranched alkanes of at least 4 members (excludes halogenated alkanes) is 1. The fraction of sp³-hybridized carbons (Fsp3) is 0.429. The maximum atomic E-state index is 10.2. The van der Waals surface area contributed by atoms with Crippen molar-refractivity contribution in [1.29, 1.82) is 0 Å². The number of methoxy groups -OCH3 is 1. The molecule has 0 fully saturated rings. The van der Waals surface area contributed by atoms with Gasteiger partial charge < -0.3 is 21.3 Å². The predicted molar refractivity (Wildman–Crippen MR) is 76.9 cm³/mol. The van der Waals surface area contributed by atoms with Crippen LogP contribution in [0, 0.1) is 0 Å². The van der Waals surface area contributed by atoms with Gasteiger partial charge in [-0.15, -0.1) is 0 Å². The third-order valence-corrected chi connectivity index (χ3v) is 2.54. The molecule has 1 atom stereocenters. The van der Waals surface area contributed by atoms with Crippen LogP contribution in [0.25, 0.3) is 0 Å². The number of carboxylic acids is 1. The van der Waals surface area contributed by atoms with E-state index in [2.05, 4.69) is 0 Å². The first kappa shape index (κ1) is 18.1. The lowest BCUT2D eigenvalue weighted by Gasteiger charge is -2.03. The molecule has 0 bridgehead atoms. The second kappa shape index (κ2) is 11.0. The minimum Gasteiger partial charge on any atom is -0.497 e. The van der Waals surface area contributed by atoms with E-state index in [1.807, 2.05) is 0 Å². The molecule has 0 aliphatic rings. The normalized spacial score (nSPS) is 10.9. The summed E-state index contributed by atoms with van der Waals surface area (Å²) in [7, 11) is 1.59. The van der Waals surface area contributed by atoms with E-state index in [9.17, 15) is 9.59 Å². The van der Waals surface area contributed by atoms with Crippen molar-refractivity contribution in [1.82, 2.24) is 0 Å². The Morgan fingerprint density at radius 3 is 2.35 bits per heavy atom. The van der Waals surface area contributed by atoms with Crippen molar-refractivity contribution in [2.24, 2.45) is 11.5 Å². The van der Waals surface area contributed by atoms with Crippen molar-refractivity contribution >= 4 is 12.3 Å². The van der Waals surface area contributed by atoms with Crippen LogP contribution >= 0.6 is 0 Å². The monoisotopic (exact) mass is 282 g/mol. The maximum Gasteiger partial charge on any atom is 0.320 e. The summed E-state index contributed by atoms with van der Waals surface area (Å²) in [6.07, 6.45) is 2.97. The van der Waals surface area contributed by atoms with Crippen LogP contribution in [-0.2, 0) is 4.79 Å². The number of benzene rings is 1. The Balaban J connectivity index is 0.000000361. The molecule has 0 aromatic heterocycles. The van der Waals surface area contributed by atoms with Crippen LogP contribution in [0.3, 0.4) is 0 Å². The van der Waals surface area contributed by atoms with Gasteiger partial charge >= 0.3 is 5.97 Å². The van der Waals surface area contributed by atoms with E-state index in [4.69, 9.17) is 21.3 Å². The molecule has 0 heterocycles. The van der Waals surface area contributed by atoms with Crippen molar-refractivity contribution in [3.8, 4) is 5.75 Å². The molecule has 0 unspecified atom stereocenters. The summed E-state index contributed by atoms with van der Waals surface area (Å²) in [6, 6.07) is 6.22. The van der Waals surface area contributed by atoms with E-state index in [1.165, 1.54) is 0 Å². The van der Waals surface area contributed by atoms with Gasteiger partial charge in [0.15, 0.2) is 0 Å². The summed E-state index contributed by atoms with van der Waals surface area (Å²) in [5, 5.41) is 8.33. The zero-order valence-corrected chi connectivity index (χ0v) is 11.6. The van der Waals surface area contributed by atoms with E-state index in [0.29, 0.717) is 18.5 Å². The standard InChI is InChI=1S/C8H8O2.C6H14N2O2/c1-10-8-4-2-7(6-9)3-5-8;7-4-2-1-3-5(8)6(9)10/h2-6H,1H3;5H,1-4,7-8H2,(H,9,10)/t;5-/m.0/s1. The summed E-state index contributed by atoms with van der Waals surface area (Å²) in [5.41, 5.74) is 11.1. The summed E-state index contributed by atoms with van der Waals surface area (Å²) in [5.74, 6) is -0.164. The van der Waals surface area contributed by atoms with Gasteiger partial charge in [-0.05, 0) is 43.7 Å². The van der Waals surface area contributed by atoms with Gasteiger partial charge in [-0.3, -0.25) is 9.59 Å². The Kier molecular flexibility index (Phi) is 9.90. The number of hydrogen-bond donors (Lipinski definition) is 3. The SMILES string of the molecule is COc1ccc(C=O)cc1.NCCCC[C@H](N)C(=O)O. The number of carboxylic acid groups (broad SMARTS) is 1. The highest BCUT2D eigenvalue weighted by Crippen LogP contribution is 2.09. The van der Waals surface area contributed by atoms with E-state index >= 15 is 0 Å². The lowest BCUT2D eigenvalue weighted by atomic mass is 10.1. The molecular formula is C14H22N2O4.